The quantitative estimate of drug-likeness (QED) is 0.520. The summed E-state index contributed by atoms with van der Waals surface area (Å²) in [4.78, 5) is 22.1. The summed E-state index contributed by atoms with van der Waals surface area (Å²) in [6, 6.07) is 5.73. The summed E-state index contributed by atoms with van der Waals surface area (Å²) < 4.78 is 11.6. The first-order chi connectivity index (χ1) is 11.3. The van der Waals surface area contributed by atoms with Crippen LogP contribution in [0.1, 0.15) is 26.7 Å². The summed E-state index contributed by atoms with van der Waals surface area (Å²) in [7, 11) is 0. The first kappa shape index (κ1) is 16.6. The van der Waals surface area contributed by atoms with Crippen molar-refractivity contribution in [2.45, 2.75) is 44.7 Å². The molecule has 2 fully saturated rings. The fourth-order valence-electron chi connectivity index (χ4n) is 3.23. The lowest BCUT2D eigenvalue weighted by Gasteiger charge is -2.19. The molecule has 1 aromatic carbocycles. The number of ether oxygens (including phenoxy) is 2. The molecule has 0 radical (unpaired) electrons. The molecule has 1 aliphatic carbocycles. The van der Waals surface area contributed by atoms with E-state index in [1.807, 2.05) is 19.9 Å². The second-order valence-corrected chi connectivity index (χ2v) is 6.60. The van der Waals surface area contributed by atoms with E-state index in [2.05, 4.69) is 5.32 Å². The first-order valence-corrected chi connectivity index (χ1v) is 7.92. The van der Waals surface area contributed by atoms with Crippen molar-refractivity contribution < 1.29 is 19.2 Å². The first-order valence-electron chi connectivity index (χ1n) is 7.92. The zero-order chi connectivity index (χ0) is 17.3. The molecule has 7 heteroatoms. The van der Waals surface area contributed by atoms with Gasteiger partial charge in [-0.15, -0.1) is 0 Å². The predicted molar refractivity (Wildman–Crippen MR) is 87.4 cm³/mol. The number of anilines is 1. The van der Waals surface area contributed by atoms with Crippen LogP contribution in [0.15, 0.2) is 36.4 Å². The van der Waals surface area contributed by atoms with Crippen molar-refractivity contribution in [3.8, 4) is 0 Å². The summed E-state index contributed by atoms with van der Waals surface area (Å²) in [5.41, 5.74) is 0.510. The van der Waals surface area contributed by atoms with Gasteiger partial charge in [0.25, 0.3) is 5.69 Å². The van der Waals surface area contributed by atoms with Crippen molar-refractivity contribution in [3.05, 3.63) is 46.5 Å². The molecule has 0 spiro atoms. The second-order valence-electron chi connectivity index (χ2n) is 6.60. The molecule has 1 heterocycles. The minimum atomic E-state index is -0.517. The number of carbonyl (C=O) groups excluding carboxylic acids is 1. The predicted octanol–water partition coefficient (Wildman–Crippen LogP) is 3.02. The number of non-ortho nitro benzene ring substituents is 1. The van der Waals surface area contributed by atoms with Gasteiger partial charge in [-0.3, -0.25) is 14.9 Å². The van der Waals surface area contributed by atoms with Crippen LogP contribution in [0.2, 0.25) is 0 Å². The van der Waals surface area contributed by atoms with Crippen LogP contribution in [0.3, 0.4) is 0 Å². The van der Waals surface area contributed by atoms with Crippen molar-refractivity contribution in [2.75, 3.05) is 5.32 Å². The normalized spacial score (nSPS) is 28.0. The van der Waals surface area contributed by atoms with Gasteiger partial charge in [-0.05, 0) is 50.8 Å². The van der Waals surface area contributed by atoms with Crippen LogP contribution in [0.25, 0.3) is 0 Å². The van der Waals surface area contributed by atoms with Crippen LogP contribution >= 0.6 is 0 Å². The molecule has 1 saturated heterocycles. The SMILES string of the molecule is CC1(C)O[C@H]2CC(/C=C/C(=O)Nc3ccc([N+](=O)[O-])cc3)C[C@H]2O1. The number of nitro groups is 1. The molecule has 3 atom stereocenters. The number of nitrogens with zero attached hydrogens (tertiary/aromatic N) is 1. The van der Waals surface area contributed by atoms with E-state index in [4.69, 9.17) is 9.47 Å². The molecule has 24 heavy (non-hydrogen) atoms. The topological polar surface area (TPSA) is 90.7 Å². The molecule has 1 N–H and O–H groups in total. The van der Waals surface area contributed by atoms with E-state index in [1.54, 1.807) is 0 Å². The number of carbonyl (C=O) groups is 1. The van der Waals surface area contributed by atoms with Crippen LogP contribution in [0.5, 0.6) is 0 Å². The highest BCUT2D eigenvalue weighted by Crippen LogP contribution is 2.41. The average Bonchev–Trinajstić information content (AvgIpc) is 2.98. The molecular weight excluding hydrogens is 312 g/mol. The van der Waals surface area contributed by atoms with Crippen molar-refractivity contribution in [3.63, 3.8) is 0 Å². The molecule has 128 valence electrons. The molecule has 1 amide bonds. The Balaban J connectivity index is 1.51. The van der Waals surface area contributed by atoms with Crippen LogP contribution in [0.4, 0.5) is 11.4 Å². The second kappa shape index (κ2) is 6.33. The molecule has 1 aromatic rings. The number of amides is 1. The van der Waals surface area contributed by atoms with E-state index in [0.717, 1.165) is 12.8 Å². The lowest BCUT2D eigenvalue weighted by atomic mass is 10.1. The van der Waals surface area contributed by atoms with Gasteiger partial charge in [0.2, 0.25) is 5.91 Å². The van der Waals surface area contributed by atoms with Gasteiger partial charge in [-0.1, -0.05) is 6.08 Å². The maximum absolute atomic E-state index is 11.9. The third-order valence-corrected chi connectivity index (χ3v) is 4.22. The Kier molecular flexibility index (Phi) is 4.38. The van der Waals surface area contributed by atoms with Crippen molar-refractivity contribution >= 4 is 17.3 Å². The van der Waals surface area contributed by atoms with Gasteiger partial charge >= 0.3 is 0 Å². The highest BCUT2D eigenvalue weighted by Gasteiger charge is 2.46. The number of fused-ring (bicyclic) bond motifs is 1. The minimum absolute atomic E-state index is 0.0102. The lowest BCUT2D eigenvalue weighted by Crippen LogP contribution is -2.22. The maximum Gasteiger partial charge on any atom is 0.269 e. The Morgan fingerprint density at radius 2 is 1.83 bits per heavy atom. The van der Waals surface area contributed by atoms with E-state index in [0.29, 0.717) is 5.69 Å². The highest BCUT2D eigenvalue weighted by atomic mass is 16.8. The number of hydrogen-bond donors (Lipinski definition) is 1. The standard InChI is InChI=1S/C17H20N2O5/c1-17(2)23-14-9-11(10-15(14)24-17)3-8-16(20)18-12-4-6-13(7-5-12)19(21)22/h3-8,11,14-15H,9-10H2,1-2H3,(H,18,20)/b8-3+/t11?,14-,15+. The summed E-state index contributed by atoms with van der Waals surface area (Å²) in [5.74, 6) is -0.529. The summed E-state index contributed by atoms with van der Waals surface area (Å²) in [5, 5.41) is 13.3. The monoisotopic (exact) mass is 332 g/mol. The maximum atomic E-state index is 11.9. The van der Waals surface area contributed by atoms with Gasteiger partial charge in [0, 0.05) is 17.8 Å². The van der Waals surface area contributed by atoms with Crippen LogP contribution in [0, 0.1) is 16.0 Å². The fraction of sp³-hybridized carbons (Fsp3) is 0.471. The molecule has 1 unspecified atom stereocenters. The molecule has 0 aromatic heterocycles. The van der Waals surface area contributed by atoms with E-state index in [-0.39, 0.29) is 29.7 Å². The lowest BCUT2D eigenvalue weighted by molar-refractivity contribution is -0.384. The molecule has 1 saturated carbocycles. The smallest absolute Gasteiger partial charge is 0.269 e. The van der Waals surface area contributed by atoms with Crippen molar-refractivity contribution in [1.29, 1.82) is 0 Å². The van der Waals surface area contributed by atoms with Crippen molar-refractivity contribution in [2.24, 2.45) is 5.92 Å². The Labute approximate surface area is 139 Å². The zero-order valence-electron chi connectivity index (χ0n) is 13.6. The van der Waals surface area contributed by atoms with Gasteiger partial charge in [-0.25, -0.2) is 0 Å². The van der Waals surface area contributed by atoms with Gasteiger partial charge in [0.1, 0.15) is 0 Å². The number of allylic oxidation sites excluding steroid dienone is 1. The highest BCUT2D eigenvalue weighted by molar-refractivity contribution is 5.99. The zero-order valence-corrected chi connectivity index (χ0v) is 13.6. The Bertz CT molecular complexity index is 652. The third kappa shape index (κ3) is 3.80. The molecule has 1 aliphatic heterocycles. The number of rotatable bonds is 4. The van der Waals surface area contributed by atoms with Gasteiger partial charge in [-0.2, -0.15) is 0 Å². The van der Waals surface area contributed by atoms with Gasteiger partial charge < -0.3 is 14.8 Å². The summed E-state index contributed by atoms with van der Waals surface area (Å²) in [6.07, 6.45) is 5.24. The Hall–Kier alpha value is -2.25. The van der Waals surface area contributed by atoms with E-state index in [9.17, 15) is 14.9 Å². The molecule has 2 aliphatic rings. The van der Waals surface area contributed by atoms with Crippen LogP contribution in [-0.2, 0) is 14.3 Å². The summed E-state index contributed by atoms with van der Waals surface area (Å²) >= 11 is 0. The fourth-order valence-corrected chi connectivity index (χ4v) is 3.23. The largest absolute Gasteiger partial charge is 0.345 e. The van der Waals surface area contributed by atoms with E-state index in [1.165, 1.54) is 30.3 Å². The Morgan fingerprint density at radius 1 is 1.25 bits per heavy atom. The van der Waals surface area contributed by atoms with Gasteiger partial charge in [0.15, 0.2) is 5.79 Å². The molecule has 0 bridgehead atoms. The van der Waals surface area contributed by atoms with Crippen LogP contribution in [-0.4, -0.2) is 28.8 Å². The molecular formula is C17H20N2O5. The average molecular weight is 332 g/mol. The third-order valence-electron chi connectivity index (χ3n) is 4.22. The Morgan fingerprint density at radius 3 is 2.38 bits per heavy atom. The number of nitrogens with one attached hydrogen (secondary N) is 1. The van der Waals surface area contributed by atoms with E-state index < -0.39 is 10.7 Å². The minimum Gasteiger partial charge on any atom is -0.345 e. The molecule has 3 rings (SSSR count). The van der Waals surface area contributed by atoms with E-state index >= 15 is 0 Å². The van der Waals surface area contributed by atoms with Gasteiger partial charge in [0.05, 0.1) is 17.1 Å². The van der Waals surface area contributed by atoms with Crippen LogP contribution < -0.4 is 5.32 Å². The number of hydrogen-bond acceptors (Lipinski definition) is 5. The van der Waals surface area contributed by atoms with Crippen molar-refractivity contribution in [1.82, 2.24) is 0 Å². The molecule has 7 nitrogen and oxygen atoms in total. The summed E-state index contributed by atoms with van der Waals surface area (Å²) in [6.45, 7) is 3.82. The number of benzene rings is 1. The number of nitro benzene ring substituents is 1.